The van der Waals surface area contributed by atoms with E-state index in [2.05, 4.69) is 12.2 Å². The van der Waals surface area contributed by atoms with Gasteiger partial charge in [-0.25, -0.2) is 0 Å². The van der Waals surface area contributed by atoms with Crippen LogP contribution in [0.3, 0.4) is 0 Å². The number of amides is 4. The first kappa shape index (κ1) is 18.1. The van der Waals surface area contributed by atoms with E-state index in [4.69, 9.17) is 0 Å². The van der Waals surface area contributed by atoms with Gasteiger partial charge >= 0.3 is 0 Å². The molecule has 6 rings (SSSR count). The Morgan fingerprint density at radius 3 is 1.36 bits per heavy atom. The van der Waals surface area contributed by atoms with Gasteiger partial charge in [0.1, 0.15) is 0 Å². The highest BCUT2D eigenvalue weighted by molar-refractivity contribution is 6.09. The number of unbranched alkanes of at least 4 members (excludes halogenated alkanes) is 2. The third kappa shape index (κ3) is 2.04. The van der Waals surface area contributed by atoms with Crippen molar-refractivity contribution < 1.29 is 19.2 Å². The van der Waals surface area contributed by atoms with Gasteiger partial charge in [0.25, 0.3) is 0 Å². The number of allylic oxidation sites excluding steroid dienone is 2. The van der Waals surface area contributed by atoms with Gasteiger partial charge in [-0.3, -0.25) is 29.0 Å². The van der Waals surface area contributed by atoms with Crippen molar-refractivity contribution in [3.8, 4) is 0 Å². The fraction of sp³-hybridized carbons (Fsp3) is 0.727. The molecule has 2 bridgehead atoms. The highest BCUT2D eigenvalue weighted by Crippen LogP contribution is 2.68. The van der Waals surface area contributed by atoms with E-state index in [-0.39, 0.29) is 71.0 Å². The molecule has 4 fully saturated rings. The maximum absolute atomic E-state index is 13.1. The maximum atomic E-state index is 13.1. The van der Waals surface area contributed by atoms with Crippen LogP contribution in [0.25, 0.3) is 0 Å². The number of carbonyl (C=O) groups is 4. The van der Waals surface area contributed by atoms with Crippen LogP contribution in [0.1, 0.15) is 39.5 Å². The number of carbonyl (C=O) groups excluding carboxylic acids is 4. The zero-order chi connectivity index (χ0) is 19.7. The van der Waals surface area contributed by atoms with Crippen LogP contribution in [0.4, 0.5) is 0 Å². The number of hydrogen-bond donors (Lipinski definition) is 0. The standard InChI is InChI=1S/C22H28N2O4/c1-3-5-9-23-19(25)15-11-7-8-12(16(15)20(23)26)14-13(11)17-18(14)22(28)24(21(17)27)10-6-4-2/h7-8,11-18H,3-6,9-10H2,1-2H3/t11-,12+,13-,14-,15+,16-,17-,18-/m0/s1. The number of rotatable bonds is 6. The molecular formula is C22H28N2O4. The monoisotopic (exact) mass is 384 g/mol. The van der Waals surface area contributed by atoms with Crippen LogP contribution in [-0.4, -0.2) is 46.5 Å². The molecule has 2 saturated carbocycles. The lowest BCUT2D eigenvalue weighted by molar-refractivity contribution is -0.166. The average Bonchev–Trinajstić information content (AvgIpc) is 3.03. The minimum Gasteiger partial charge on any atom is -0.282 e. The number of imide groups is 2. The van der Waals surface area contributed by atoms with Crippen molar-refractivity contribution in [2.45, 2.75) is 39.5 Å². The van der Waals surface area contributed by atoms with Crippen LogP contribution in [0.5, 0.6) is 0 Å². The molecule has 150 valence electrons. The normalized spacial score (nSPS) is 42.8. The summed E-state index contributed by atoms with van der Waals surface area (Å²) >= 11 is 0. The van der Waals surface area contributed by atoms with Crippen LogP contribution in [0.15, 0.2) is 12.2 Å². The lowest BCUT2D eigenvalue weighted by Gasteiger charge is -2.60. The number of fused-ring (bicyclic) bond motifs is 1. The summed E-state index contributed by atoms with van der Waals surface area (Å²) in [6.45, 7) is 5.09. The summed E-state index contributed by atoms with van der Waals surface area (Å²) < 4.78 is 0. The summed E-state index contributed by atoms with van der Waals surface area (Å²) in [7, 11) is 0. The van der Waals surface area contributed by atoms with E-state index in [9.17, 15) is 19.2 Å². The summed E-state index contributed by atoms with van der Waals surface area (Å²) in [6.07, 6.45) is 7.66. The number of hydrogen-bond acceptors (Lipinski definition) is 4. The molecule has 4 aliphatic carbocycles. The van der Waals surface area contributed by atoms with Crippen molar-refractivity contribution in [1.29, 1.82) is 0 Å². The van der Waals surface area contributed by atoms with E-state index in [1.807, 2.05) is 13.8 Å². The van der Waals surface area contributed by atoms with E-state index >= 15 is 0 Å². The van der Waals surface area contributed by atoms with Crippen LogP contribution in [-0.2, 0) is 19.2 Å². The Kier molecular flexibility index (Phi) is 4.04. The summed E-state index contributed by atoms with van der Waals surface area (Å²) in [4.78, 5) is 55.0. The van der Waals surface area contributed by atoms with E-state index in [1.165, 1.54) is 9.80 Å². The topological polar surface area (TPSA) is 74.8 Å². The quantitative estimate of drug-likeness (QED) is 0.517. The molecule has 0 spiro atoms. The van der Waals surface area contributed by atoms with Crippen molar-refractivity contribution in [1.82, 2.24) is 9.80 Å². The van der Waals surface area contributed by atoms with E-state index < -0.39 is 0 Å². The summed E-state index contributed by atoms with van der Waals surface area (Å²) in [5, 5.41) is 0. The molecule has 6 aliphatic rings. The van der Waals surface area contributed by atoms with Gasteiger partial charge in [0, 0.05) is 13.1 Å². The predicted octanol–water partition coefficient (Wildman–Crippen LogP) is 1.85. The van der Waals surface area contributed by atoms with Gasteiger partial charge in [-0.1, -0.05) is 38.8 Å². The molecule has 2 aliphatic heterocycles. The van der Waals surface area contributed by atoms with Gasteiger partial charge in [-0.15, -0.1) is 0 Å². The Morgan fingerprint density at radius 2 is 1.00 bits per heavy atom. The molecule has 6 heteroatoms. The second-order valence-electron chi connectivity index (χ2n) is 9.16. The van der Waals surface area contributed by atoms with E-state index in [0.717, 1.165) is 25.7 Å². The number of nitrogens with zero attached hydrogens (tertiary/aromatic N) is 2. The van der Waals surface area contributed by atoms with Crippen LogP contribution >= 0.6 is 0 Å². The smallest absolute Gasteiger partial charge is 0.233 e. The molecule has 6 nitrogen and oxygen atoms in total. The van der Waals surface area contributed by atoms with E-state index in [1.54, 1.807) is 0 Å². The van der Waals surface area contributed by atoms with Crippen molar-refractivity contribution in [3.63, 3.8) is 0 Å². The van der Waals surface area contributed by atoms with E-state index in [0.29, 0.717) is 13.1 Å². The van der Waals surface area contributed by atoms with Gasteiger partial charge in [-0.2, -0.15) is 0 Å². The predicted molar refractivity (Wildman–Crippen MR) is 100 cm³/mol. The van der Waals surface area contributed by atoms with Gasteiger partial charge < -0.3 is 0 Å². The first-order valence-corrected chi connectivity index (χ1v) is 10.9. The molecule has 2 heterocycles. The molecule has 0 unspecified atom stereocenters. The minimum atomic E-state index is -0.325. The Bertz CT molecular complexity index is 733. The first-order chi connectivity index (χ1) is 13.5. The molecule has 0 aromatic rings. The maximum Gasteiger partial charge on any atom is 0.233 e. The summed E-state index contributed by atoms with van der Waals surface area (Å²) in [5.74, 6) is -1.44. The fourth-order valence-corrected chi connectivity index (χ4v) is 6.80. The Balaban J connectivity index is 1.45. The van der Waals surface area contributed by atoms with Gasteiger partial charge in [0.2, 0.25) is 23.6 Å². The van der Waals surface area contributed by atoms with Gasteiger partial charge in [0.15, 0.2) is 0 Å². The molecule has 8 atom stereocenters. The lowest BCUT2D eigenvalue weighted by Crippen LogP contribution is -2.63. The third-order valence-electron chi connectivity index (χ3n) is 8.00. The molecular weight excluding hydrogens is 356 g/mol. The Labute approximate surface area is 165 Å². The highest BCUT2D eigenvalue weighted by atomic mass is 16.2. The SMILES string of the molecule is CCCCN1C(=O)[C@@H]2[C@@H](C1=O)[C@H]1[C@H]3C=C[C@H]([C@H]4C(=O)N(CCCC)C(=O)[C@@H]34)[C@H]21. The van der Waals surface area contributed by atoms with Crippen LogP contribution in [0, 0.1) is 47.3 Å². The number of likely N-dealkylation sites (tertiary alicyclic amines) is 2. The zero-order valence-electron chi connectivity index (χ0n) is 16.5. The van der Waals surface area contributed by atoms with Gasteiger partial charge in [0.05, 0.1) is 23.7 Å². The average molecular weight is 384 g/mol. The van der Waals surface area contributed by atoms with Gasteiger partial charge in [-0.05, 0) is 36.5 Å². The van der Waals surface area contributed by atoms with Crippen LogP contribution < -0.4 is 0 Å². The molecule has 0 aromatic heterocycles. The fourth-order valence-electron chi connectivity index (χ4n) is 6.80. The van der Waals surface area contributed by atoms with Crippen molar-refractivity contribution in [3.05, 3.63) is 12.2 Å². The highest BCUT2D eigenvalue weighted by Gasteiger charge is 2.74. The Hall–Kier alpha value is -1.98. The molecule has 28 heavy (non-hydrogen) atoms. The second-order valence-corrected chi connectivity index (χ2v) is 9.16. The minimum absolute atomic E-state index is 0.0400. The van der Waals surface area contributed by atoms with Crippen molar-refractivity contribution >= 4 is 23.6 Å². The molecule has 2 saturated heterocycles. The largest absolute Gasteiger partial charge is 0.282 e. The summed E-state index contributed by atoms with van der Waals surface area (Å²) in [5.41, 5.74) is 0. The molecule has 0 radical (unpaired) electrons. The lowest BCUT2D eigenvalue weighted by atomic mass is 9.40. The first-order valence-electron chi connectivity index (χ1n) is 10.9. The molecule has 4 amide bonds. The third-order valence-corrected chi connectivity index (χ3v) is 8.00. The van der Waals surface area contributed by atoms with Crippen molar-refractivity contribution in [2.24, 2.45) is 47.3 Å². The zero-order valence-corrected chi connectivity index (χ0v) is 16.5. The summed E-state index contributed by atoms with van der Waals surface area (Å²) in [6, 6.07) is 0. The second kappa shape index (κ2) is 6.26. The molecule has 0 aromatic carbocycles. The molecule has 0 N–H and O–H groups in total. The van der Waals surface area contributed by atoms with Crippen LogP contribution in [0.2, 0.25) is 0 Å². The Morgan fingerprint density at radius 1 is 0.643 bits per heavy atom. The van der Waals surface area contributed by atoms with Crippen molar-refractivity contribution in [2.75, 3.05) is 13.1 Å².